The smallest absolute Gasteiger partial charge is 0.164 e. The lowest BCUT2D eigenvalue weighted by molar-refractivity contribution is 0.669. The van der Waals surface area contributed by atoms with E-state index in [2.05, 4.69) is 146 Å². The SMILES string of the molecule is c1ccc(-c2cccc(-c3nc(-c4ccccc4)nc(-c4ccc5c(c4)oc4cc(-c6ccc(-c7ccc8ccccc8c7)cc6)ccc45)n3)c2)cc1. The Hall–Kier alpha value is -7.17. The predicted molar refractivity (Wildman–Crippen MR) is 217 cm³/mol. The molecular weight excluding hydrogens is 647 g/mol. The van der Waals surface area contributed by atoms with Crippen molar-refractivity contribution in [1.82, 2.24) is 15.0 Å². The monoisotopic (exact) mass is 677 g/mol. The first-order chi connectivity index (χ1) is 26.2. The van der Waals surface area contributed by atoms with Gasteiger partial charge in [0.25, 0.3) is 0 Å². The molecule has 2 aromatic heterocycles. The molecule has 0 N–H and O–H groups in total. The molecule has 0 unspecified atom stereocenters. The molecule has 4 nitrogen and oxygen atoms in total. The Morgan fingerprint density at radius 3 is 1.36 bits per heavy atom. The van der Waals surface area contributed by atoms with Crippen LogP contribution in [0.1, 0.15) is 0 Å². The molecule has 0 saturated carbocycles. The van der Waals surface area contributed by atoms with E-state index in [1.807, 2.05) is 42.5 Å². The topological polar surface area (TPSA) is 51.8 Å². The molecule has 0 aliphatic heterocycles. The minimum Gasteiger partial charge on any atom is -0.456 e. The average molecular weight is 678 g/mol. The third-order valence-corrected chi connectivity index (χ3v) is 9.93. The molecule has 10 rings (SSSR count). The second-order valence-electron chi connectivity index (χ2n) is 13.3. The second kappa shape index (κ2) is 12.9. The number of rotatable bonds is 6. The van der Waals surface area contributed by atoms with Crippen molar-refractivity contribution < 1.29 is 4.42 Å². The molecule has 0 aliphatic rings. The van der Waals surface area contributed by atoms with Crippen molar-refractivity contribution in [3.8, 4) is 67.5 Å². The van der Waals surface area contributed by atoms with Gasteiger partial charge in [0.1, 0.15) is 11.2 Å². The van der Waals surface area contributed by atoms with Crippen molar-refractivity contribution in [2.24, 2.45) is 0 Å². The van der Waals surface area contributed by atoms with Crippen LogP contribution in [0.5, 0.6) is 0 Å². The lowest BCUT2D eigenvalue weighted by atomic mass is 9.98. The molecule has 0 atom stereocenters. The van der Waals surface area contributed by atoms with Gasteiger partial charge in [0.05, 0.1) is 0 Å². The van der Waals surface area contributed by atoms with Gasteiger partial charge < -0.3 is 4.42 Å². The third-order valence-electron chi connectivity index (χ3n) is 9.93. The van der Waals surface area contributed by atoms with E-state index in [1.54, 1.807) is 0 Å². The van der Waals surface area contributed by atoms with E-state index in [1.165, 1.54) is 21.9 Å². The van der Waals surface area contributed by atoms with Crippen molar-refractivity contribution in [2.75, 3.05) is 0 Å². The Bertz CT molecular complexity index is 2930. The molecular formula is C49H31N3O. The highest BCUT2D eigenvalue weighted by atomic mass is 16.3. The predicted octanol–water partition coefficient (Wildman–Crippen LogP) is 12.9. The molecule has 10 aromatic rings. The Balaban J connectivity index is 1.01. The fraction of sp³-hybridized carbons (Fsp3) is 0. The summed E-state index contributed by atoms with van der Waals surface area (Å²) in [6.07, 6.45) is 0. The van der Waals surface area contributed by atoms with Crippen LogP contribution in [0.15, 0.2) is 192 Å². The first-order valence-electron chi connectivity index (χ1n) is 17.8. The van der Waals surface area contributed by atoms with Crippen LogP contribution in [-0.4, -0.2) is 15.0 Å². The summed E-state index contributed by atoms with van der Waals surface area (Å²) in [6, 6.07) is 65.3. The van der Waals surface area contributed by atoms with Gasteiger partial charge in [-0.2, -0.15) is 0 Å². The summed E-state index contributed by atoms with van der Waals surface area (Å²) in [6.45, 7) is 0. The number of benzene rings is 8. The van der Waals surface area contributed by atoms with Gasteiger partial charge in [-0.05, 0) is 80.6 Å². The van der Waals surface area contributed by atoms with Crippen LogP contribution in [-0.2, 0) is 0 Å². The number of fused-ring (bicyclic) bond motifs is 4. The Labute approximate surface area is 306 Å². The fourth-order valence-corrected chi connectivity index (χ4v) is 7.14. The first kappa shape index (κ1) is 30.6. The number of hydrogen-bond acceptors (Lipinski definition) is 4. The highest BCUT2D eigenvalue weighted by Crippen LogP contribution is 2.36. The second-order valence-corrected chi connectivity index (χ2v) is 13.3. The van der Waals surface area contributed by atoms with E-state index < -0.39 is 0 Å². The van der Waals surface area contributed by atoms with Gasteiger partial charge in [-0.3, -0.25) is 0 Å². The van der Waals surface area contributed by atoms with Gasteiger partial charge in [-0.1, -0.05) is 152 Å². The molecule has 0 radical (unpaired) electrons. The van der Waals surface area contributed by atoms with Gasteiger partial charge in [-0.25, -0.2) is 15.0 Å². The summed E-state index contributed by atoms with van der Waals surface area (Å²) < 4.78 is 6.53. The van der Waals surface area contributed by atoms with Gasteiger partial charge in [-0.15, -0.1) is 0 Å². The first-order valence-corrected chi connectivity index (χ1v) is 17.8. The van der Waals surface area contributed by atoms with E-state index in [9.17, 15) is 0 Å². The Kier molecular flexibility index (Phi) is 7.43. The lowest BCUT2D eigenvalue weighted by Crippen LogP contribution is -2.00. The molecule has 0 saturated heterocycles. The summed E-state index contributed by atoms with van der Waals surface area (Å²) in [7, 11) is 0. The van der Waals surface area contributed by atoms with Crippen LogP contribution in [0.25, 0.3) is 100 Å². The molecule has 0 amide bonds. The van der Waals surface area contributed by atoms with Crippen LogP contribution in [0.2, 0.25) is 0 Å². The van der Waals surface area contributed by atoms with Crippen molar-refractivity contribution in [3.63, 3.8) is 0 Å². The molecule has 248 valence electrons. The number of aromatic nitrogens is 3. The van der Waals surface area contributed by atoms with Crippen LogP contribution >= 0.6 is 0 Å². The summed E-state index contributed by atoms with van der Waals surface area (Å²) >= 11 is 0. The molecule has 0 spiro atoms. The maximum absolute atomic E-state index is 6.53. The molecule has 2 heterocycles. The number of furan rings is 1. The Morgan fingerprint density at radius 2 is 0.679 bits per heavy atom. The van der Waals surface area contributed by atoms with Crippen molar-refractivity contribution >= 4 is 32.7 Å². The average Bonchev–Trinajstić information content (AvgIpc) is 3.61. The van der Waals surface area contributed by atoms with Gasteiger partial charge >= 0.3 is 0 Å². The molecule has 0 aliphatic carbocycles. The molecule has 0 bridgehead atoms. The van der Waals surface area contributed by atoms with Gasteiger partial charge in [0.2, 0.25) is 0 Å². The quantitative estimate of drug-likeness (QED) is 0.176. The largest absolute Gasteiger partial charge is 0.456 e. The number of nitrogens with zero attached hydrogens (tertiary/aromatic N) is 3. The van der Waals surface area contributed by atoms with E-state index in [-0.39, 0.29) is 0 Å². The highest BCUT2D eigenvalue weighted by molar-refractivity contribution is 6.07. The van der Waals surface area contributed by atoms with Crippen molar-refractivity contribution in [2.45, 2.75) is 0 Å². The summed E-state index contributed by atoms with van der Waals surface area (Å²) in [5.41, 5.74) is 11.2. The molecule has 8 aromatic carbocycles. The number of hydrogen-bond donors (Lipinski definition) is 0. The highest BCUT2D eigenvalue weighted by Gasteiger charge is 2.16. The maximum atomic E-state index is 6.53. The van der Waals surface area contributed by atoms with E-state index >= 15 is 0 Å². The van der Waals surface area contributed by atoms with Crippen LogP contribution < -0.4 is 0 Å². The summed E-state index contributed by atoms with van der Waals surface area (Å²) in [5, 5.41) is 4.62. The molecule has 53 heavy (non-hydrogen) atoms. The zero-order valence-electron chi connectivity index (χ0n) is 28.6. The van der Waals surface area contributed by atoms with E-state index in [0.717, 1.165) is 60.9 Å². The maximum Gasteiger partial charge on any atom is 0.164 e. The summed E-state index contributed by atoms with van der Waals surface area (Å²) in [4.78, 5) is 15.0. The van der Waals surface area contributed by atoms with Gasteiger partial charge in [0.15, 0.2) is 17.5 Å². The van der Waals surface area contributed by atoms with Crippen LogP contribution in [0.3, 0.4) is 0 Å². The standard InChI is InChI=1S/C49H31N3O/c1-3-10-32(11-4-1)38-16-9-17-41(29-38)48-50-47(36-13-5-2-6-14-36)51-49(52-48)42-25-27-44-43-26-24-40(30-45(43)53-46(44)31-42)35-20-18-34(19-21-35)39-23-22-33-12-7-8-15-37(33)28-39/h1-31H. The summed E-state index contributed by atoms with van der Waals surface area (Å²) in [5.74, 6) is 1.83. The van der Waals surface area contributed by atoms with Crippen LogP contribution in [0.4, 0.5) is 0 Å². The zero-order chi connectivity index (χ0) is 35.1. The normalized spacial score (nSPS) is 11.4. The Morgan fingerprint density at radius 1 is 0.264 bits per heavy atom. The minimum absolute atomic E-state index is 0.591. The van der Waals surface area contributed by atoms with Crippen molar-refractivity contribution in [1.29, 1.82) is 0 Å². The third kappa shape index (κ3) is 5.82. The molecule has 0 fully saturated rings. The van der Waals surface area contributed by atoms with Gasteiger partial charge in [0, 0.05) is 27.5 Å². The van der Waals surface area contributed by atoms with Crippen molar-refractivity contribution in [3.05, 3.63) is 188 Å². The zero-order valence-corrected chi connectivity index (χ0v) is 28.6. The lowest BCUT2D eigenvalue weighted by Gasteiger charge is -2.09. The van der Waals surface area contributed by atoms with E-state index in [4.69, 9.17) is 19.4 Å². The fourth-order valence-electron chi connectivity index (χ4n) is 7.14. The van der Waals surface area contributed by atoms with E-state index in [0.29, 0.717) is 17.5 Å². The minimum atomic E-state index is 0.591. The molecule has 4 heteroatoms. The van der Waals surface area contributed by atoms with Crippen LogP contribution in [0, 0.1) is 0 Å².